The standard InChI is InChI=1S/C12H20N2S/c1-4-10(2)14-9-11(3)15-12-5-7-13-8-6-12/h5-8,10-11,14H,4,9H2,1-3H3. The summed E-state index contributed by atoms with van der Waals surface area (Å²) in [4.78, 5) is 5.31. The largest absolute Gasteiger partial charge is 0.313 e. The van der Waals surface area contributed by atoms with Gasteiger partial charge in [0.25, 0.3) is 0 Å². The lowest BCUT2D eigenvalue weighted by Crippen LogP contribution is -2.30. The molecule has 2 unspecified atom stereocenters. The van der Waals surface area contributed by atoms with Crippen LogP contribution in [-0.2, 0) is 0 Å². The van der Waals surface area contributed by atoms with Crippen molar-refractivity contribution in [1.29, 1.82) is 0 Å². The molecule has 0 aliphatic heterocycles. The molecule has 0 aliphatic carbocycles. The molecule has 0 fully saturated rings. The predicted octanol–water partition coefficient (Wildman–Crippen LogP) is 2.95. The monoisotopic (exact) mass is 224 g/mol. The zero-order valence-electron chi connectivity index (χ0n) is 9.73. The van der Waals surface area contributed by atoms with Crippen LogP contribution in [0.1, 0.15) is 27.2 Å². The minimum absolute atomic E-state index is 0.599. The summed E-state index contributed by atoms with van der Waals surface area (Å²) < 4.78 is 0. The molecule has 15 heavy (non-hydrogen) atoms. The Labute approximate surface area is 96.9 Å². The van der Waals surface area contributed by atoms with Gasteiger partial charge in [-0.3, -0.25) is 4.98 Å². The van der Waals surface area contributed by atoms with Crippen LogP contribution in [0.5, 0.6) is 0 Å². The molecular weight excluding hydrogens is 204 g/mol. The highest BCUT2D eigenvalue weighted by atomic mass is 32.2. The third-order valence-electron chi connectivity index (χ3n) is 2.35. The fourth-order valence-electron chi connectivity index (χ4n) is 1.20. The fraction of sp³-hybridized carbons (Fsp3) is 0.583. The van der Waals surface area contributed by atoms with Crippen molar-refractivity contribution >= 4 is 11.8 Å². The van der Waals surface area contributed by atoms with Gasteiger partial charge < -0.3 is 5.32 Å². The van der Waals surface area contributed by atoms with Gasteiger partial charge in [-0.1, -0.05) is 13.8 Å². The molecule has 1 aromatic heterocycles. The number of aromatic nitrogens is 1. The summed E-state index contributed by atoms with van der Waals surface area (Å²) in [6.45, 7) is 7.74. The van der Waals surface area contributed by atoms with E-state index < -0.39 is 0 Å². The number of hydrogen-bond donors (Lipinski definition) is 1. The molecule has 0 aliphatic rings. The molecule has 84 valence electrons. The highest BCUT2D eigenvalue weighted by molar-refractivity contribution is 8.00. The van der Waals surface area contributed by atoms with E-state index >= 15 is 0 Å². The van der Waals surface area contributed by atoms with Gasteiger partial charge in [0.05, 0.1) is 0 Å². The number of pyridine rings is 1. The van der Waals surface area contributed by atoms with Crippen molar-refractivity contribution in [3.8, 4) is 0 Å². The van der Waals surface area contributed by atoms with E-state index in [2.05, 4.69) is 43.2 Å². The van der Waals surface area contributed by atoms with Crippen LogP contribution in [0.3, 0.4) is 0 Å². The summed E-state index contributed by atoms with van der Waals surface area (Å²) in [6, 6.07) is 4.74. The first kappa shape index (κ1) is 12.5. The highest BCUT2D eigenvalue weighted by Gasteiger charge is 2.05. The van der Waals surface area contributed by atoms with E-state index in [4.69, 9.17) is 0 Å². The molecule has 0 spiro atoms. The number of rotatable bonds is 6. The molecular formula is C12H20N2S. The first-order chi connectivity index (χ1) is 7.22. The molecule has 1 rings (SSSR count). The summed E-state index contributed by atoms with van der Waals surface area (Å²) in [6.07, 6.45) is 4.88. The smallest absolute Gasteiger partial charge is 0.0278 e. The maximum Gasteiger partial charge on any atom is 0.0278 e. The van der Waals surface area contributed by atoms with E-state index in [-0.39, 0.29) is 0 Å². The van der Waals surface area contributed by atoms with Crippen molar-refractivity contribution in [2.24, 2.45) is 0 Å². The lowest BCUT2D eigenvalue weighted by Gasteiger charge is -2.16. The van der Waals surface area contributed by atoms with Gasteiger partial charge in [-0.25, -0.2) is 0 Å². The van der Waals surface area contributed by atoms with Gasteiger partial charge in [0.2, 0.25) is 0 Å². The molecule has 1 heterocycles. The predicted molar refractivity (Wildman–Crippen MR) is 67.3 cm³/mol. The van der Waals surface area contributed by atoms with Crippen LogP contribution in [0.4, 0.5) is 0 Å². The third kappa shape index (κ3) is 5.19. The number of thioether (sulfide) groups is 1. The van der Waals surface area contributed by atoms with E-state index in [0.717, 1.165) is 6.54 Å². The minimum Gasteiger partial charge on any atom is -0.313 e. The van der Waals surface area contributed by atoms with Gasteiger partial charge in [0.1, 0.15) is 0 Å². The zero-order valence-corrected chi connectivity index (χ0v) is 10.6. The Morgan fingerprint density at radius 3 is 2.60 bits per heavy atom. The molecule has 2 nitrogen and oxygen atoms in total. The Bertz CT molecular complexity index is 264. The van der Waals surface area contributed by atoms with Crippen LogP contribution in [0.15, 0.2) is 29.4 Å². The van der Waals surface area contributed by atoms with Gasteiger partial charge in [-0.2, -0.15) is 0 Å². The van der Waals surface area contributed by atoms with Gasteiger partial charge in [0, 0.05) is 35.1 Å². The average molecular weight is 224 g/mol. The zero-order chi connectivity index (χ0) is 11.1. The van der Waals surface area contributed by atoms with E-state index in [1.54, 1.807) is 0 Å². The number of hydrogen-bond acceptors (Lipinski definition) is 3. The van der Waals surface area contributed by atoms with Gasteiger partial charge in [0.15, 0.2) is 0 Å². The second-order valence-electron chi connectivity index (χ2n) is 3.83. The van der Waals surface area contributed by atoms with Crippen LogP contribution < -0.4 is 5.32 Å². The lowest BCUT2D eigenvalue weighted by molar-refractivity contribution is 0.537. The molecule has 1 N–H and O–H groups in total. The number of nitrogens with zero attached hydrogens (tertiary/aromatic N) is 1. The first-order valence-corrected chi connectivity index (χ1v) is 6.40. The van der Waals surface area contributed by atoms with Gasteiger partial charge >= 0.3 is 0 Å². The molecule has 0 saturated carbocycles. The molecule has 3 heteroatoms. The van der Waals surface area contributed by atoms with E-state index in [9.17, 15) is 0 Å². The summed E-state index contributed by atoms with van der Waals surface area (Å²) in [5.74, 6) is 0. The summed E-state index contributed by atoms with van der Waals surface area (Å²) in [7, 11) is 0. The summed E-state index contributed by atoms with van der Waals surface area (Å²) in [5.41, 5.74) is 0. The Kier molecular flexibility index (Phi) is 5.73. The Balaban J connectivity index is 2.27. The second-order valence-corrected chi connectivity index (χ2v) is 5.34. The van der Waals surface area contributed by atoms with Crippen molar-refractivity contribution in [3.05, 3.63) is 24.5 Å². The van der Waals surface area contributed by atoms with Crippen LogP contribution in [0, 0.1) is 0 Å². The van der Waals surface area contributed by atoms with Crippen LogP contribution >= 0.6 is 11.8 Å². The van der Waals surface area contributed by atoms with Gasteiger partial charge in [-0.15, -0.1) is 11.8 Å². The Hall–Kier alpha value is -0.540. The third-order valence-corrected chi connectivity index (χ3v) is 3.47. The molecule has 0 radical (unpaired) electrons. The first-order valence-electron chi connectivity index (χ1n) is 5.52. The summed E-state index contributed by atoms with van der Waals surface area (Å²) >= 11 is 1.89. The Morgan fingerprint density at radius 2 is 2.00 bits per heavy atom. The van der Waals surface area contributed by atoms with Crippen molar-refractivity contribution in [2.75, 3.05) is 6.54 Å². The van der Waals surface area contributed by atoms with Crippen molar-refractivity contribution in [2.45, 2.75) is 43.4 Å². The average Bonchev–Trinajstić information content (AvgIpc) is 2.27. The van der Waals surface area contributed by atoms with Crippen molar-refractivity contribution in [3.63, 3.8) is 0 Å². The van der Waals surface area contributed by atoms with Crippen molar-refractivity contribution < 1.29 is 0 Å². The van der Waals surface area contributed by atoms with E-state index in [1.807, 2.05) is 24.2 Å². The lowest BCUT2D eigenvalue weighted by atomic mass is 10.2. The van der Waals surface area contributed by atoms with Gasteiger partial charge in [-0.05, 0) is 25.5 Å². The number of nitrogens with one attached hydrogen (secondary N) is 1. The molecule has 0 amide bonds. The molecule has 2 atom stereocenters. The Morgan fingerprint density at radius 1 is 1.33 bits per heavy atom. The van der Waals surface area contributed by atoms with E-state index in [1.165, 1.54) is 11.3 Å². The highest BCUT2D eigenvalue weighted by Crippen LogP contribution is 2.21. The van der Waals surface area contributed by atoms with Crippen molar-refractivity contribution in [1.82, 2.24) is 10.3 Å². The molecule has 0 saturated heterocycles. The van der Waals surface area contributed by atoms with Crippen LogP contribution in [-0.4, -0.2) is 22.8 Å². The normalized spacial score (nSPS) is 14.9. The van der Waals surface area contributed by atoms with Crippen LogP contribution in [0.2, 0.25) is 0 Å². The quantitative estimate of drug-likeness (QED) is 0.752. The second kappa shape index (κ2) is 6.85. The minimum atomic E-state index is 0.599. The van der Waals surface area contributed by atoms with Crippen LogP contribution in [0.25, 0.3) is 0 Å². The SMILES string of the molecule is CCC(C)NCC(C)Sc1ccncc1. The van der Waals surface area contributed by atoms with E-state index in [0.29, 0.717) is 11.3 Å². The summed E-state index contributed by atoms with van der Waals surface area (Å²) in [5, 5.41) is 4.11. The maximum atomic E-state index is 4.01. The molecule has 0 aromatic carbocycles. The maximum absolute atomic E-state index is 4.01. The molecule has 0 bridgehead atoms. The fourth-order valence-corrected chi connectivity index (χ4v) is 2.13. The molecule has 1 aromatic rings. The topological polar surface area (TPSA) is 24.9 Å².